The molecule has 0 saturated heterocycles. The van der Waals surface area contributed by atoms with Crippen molar-refractivity contribution in [3.05, 3.63) is 32.2 Å². The summed E-state index contributed by atoms with van der Waals surface area (Å²) in [4.78, 5) is 21.9. The quantitative estimate of drug-likeness (QED) is 0.550. The van der Waals surface area contributed by atoms with Crippen molar-refractivity contribution >= 4 is 11.4 Å². The molecule has 8 heteroatoms. The SMILES string of the molecule is Nc1c([N+](=O)[O-])c(C(F)F)c[nH]c1=O. The Balaban J connectivity index is 3.54. The van der Waals surface area contributed by atoms with Crippen LogP contribution in [-0.4, -0.2) is 9.91 Å². The number of nitrogen functional groups attached to an aromatic ring is 1. The summed E-state index contributed by atoms with van der Waals surface area (Å²) in [6.07, 6.45) is -2.48. The fourth-order valence-electron chi connectivity index (χ4n) is 0.923. The van der Waals surface area contributed by atoms with E-state index in [2.05, 4.69) is 0 Å². The van der Waals surface area contributed by atoms with Gasteiger partial charge in [0.15, 0.2) is 5.69 Å². The molecule has 6 nitrogen and oxygen atoms in total. The molecule has 76 valence electrons. The number of rotatable bonds is 2. The number of nitro groups is 1. The summed E-state index contributed by atoms with van der Waals surface area (Å²) >= 11 is 0. The van der Waals surface area contributed by atoms with Crippen LogP contribution in [0, 0.1) is 10.1 Å². The van der Waals surface area contributed by atoms with Gasteiger partial charge < -0.3 is 10.7 Å². The van der Waals surface area contributed by atoms with Crippen LogP contribution in [0.3, 0.4) is 0 Å². The third kappa shape index (κ3) is 1.53. The number of H-pyrrole nitrogens is 1. The fourth-order valence-corrected chi connectivity index (χ4v) is 0.923. The molecule has 3 N–H and O–H groups in total. The third-order valence-corrected chi connectivity index (χ3v) is 1.55. The number of nitrogens with zero attached hydrogens (tertiary/aromatic N) is 1. The van der Waals surface area contributed by atoms with Crippen molar-refractivity contribution in [2.75, 3.05) is 5.73 Å². The number of nitrogens with one attached hydrogen (secondary N) is 1. The summed E-state index contributed by atoms with van der Waals surface area (Å²) in [7, 11) is 0. The first kappa shape index (κ1) is 10.1. The minimum absolute atomic E-state index is 0.585. The van der Waals surface area contributed by atoms with Gasteiger partial charge in [0.25, 0.3) is 12.0 Å². The first-order valence-electron chi connectivity index (χ1n) is 3.38. The standard InChI is InChI=1S/C6H5F2N3O3/c7-5(8)2-1-10-6(12)3(9)4(2)11(13)14/h1,5H,9H2,(H,10,12). The van der Waals surface area contributed by atoms with Crippen molar-refractivity contribution in [2.45, 2.75) is 6.43 Å². The van der Waals surface area contributed by atoms with E-state index in [0.29, 0.717) is 6.20 Å². The third-order valence-electron chi connectivity index (χ3n) is 1.55. The van der Waals surface area contributed by atoms with Crippen molar-refractivity contribution in [1.82, 2.24) is 4.98 Å². The van der Waals surface area contributed by atoms with E-state index in [0.717, 1.165) is 0 Å². The number of aromatic amines is 1. The Hall–Kier alpha value is -1.99. The number of nitrogens with two attached hydrogens (primary N) is 1. The molecule has 0 aliphatic heterocycles. The molecule has 0 aromatic carbocycles. The van der Waals surface area contributed by atoms with Crippen LogP contribution in [0.2, 0.25) is 0 Å². The summed E-state index contributed by atoms with van der Waals surface area (Å²) < 4.78 is 24.4. The first-order valence-corrected chi connectivity index (χ1v) is 3.38. The Bertz CT molecular complexity index is 429. The summed E-state index contributed by atoms with van der Waals surface area (Å²) in [6, 6.07) is 0. The van der Waals surface area contributed by atoms with Gasteiger partial charge in [0.2, 0.25) is 0 Å². The lowest BCUT2D eigenvalue weighted by molar-refractivity contribution is -0.385. The zero-order valence-corrected chi connectivity index (χ0v) is 6.66. The minimum Gasteiger partial charge on any atom is -0.389 e. The lowest BCUT2D eigenvalue weighted by Gasteiger charge is -2.02. The zero-order valence-electron chi connectivity index (χ0n) is 6.66. The second-order valence-electron chi connectivity index (χ2n) is 2.39. The highest BCUT2D eigenvalue weighted by Crippen LogP contribution is 2.30. The summed E-state index contributed by atoms with van der Waals surface area (Å²) in [5.74, 6) is 0. The highest BCUT2D eigenvalue weighted by atomic mass is 19.3. The normalized spacial score (nSPS) is 10.5. The van der Waals surface area contributed by atoms with Gasteiger partial charge in [-0.3, -0.25) is 14.9 Å². The van der Waals surface area contributed by atoms with Crippen LogP contribution < -0.4 is 11.3 Å². The zero-order chi connectivity index (χ0) is 10.9. The van der Waals surface area contributed by atoms with Gasteiger partial charge in [0.05, 0.1) is 4.92 Å². The maximum atomic E-state index is 12.2. The molecule has 0 spiro atoms. The molecule has 14 heavy (non-hydrogen) atoms. The van der Waals surface area contributed by atoms with E-state index in [1.807, 2.05) is 4.98 Å². The van der Waals surface area contributed by atoms with E-state index < -0.39 is 33.8 Å². The van der Waals surface area contributed by atoms with E-state index in [1.54, 1.807) is 0 Å². The largest absolute Gasteiger partial charge is 0.389 e. The van der Waals surface area contributed by atoms with E-state index in [9.17, 15) is 23.7 Å². The minimum atomic E-state index is -3.06. The Morgan fingerprint density at radius 1 is 1.57 bits per heavy atom. The topological polar surface area (TPSA) is 102 Å². The van der Waals surface area contributed by atoms with E-state index >= 15 is 0 Å². The van der Waals surface area contributed by atoms with E-state index in [1.165, 1.54) is 0 Å². The van der Waals surface area contributed by atoms with Crippen LogP contribution in [0.15, 0.2) is 11.0 Å². The van der Waals surface area contributed by atoms with Gasteiger partial charge in [-0.25, -0.2) is 8.78 Å². The number of alkyl halides is 2. The van der Waals surface area contributed by atoms with Gasteiger partial charge in [-0.1, -0.05) is 0 Å². The highest BCUT2D eigenvalue weighted by Gasteiger charge is 2.26. The predicted octanol–water partition coefficient (Wildman–Crippen LogP) is 0.803. The molecule has 0 atom stereocenters. The molecule has 1 aromatic heterocycles. The predicted molar refractivity (Wildman–Crippen MR) is 43.1 cm³/mol. The summed E-state index contributed by atoms with van der Waals surface area (Å²) in [5.41, 5.74) is 1.30. The smallest absolute Gasteiger partial charge is 0.308 e. The van der Waals surface area contributed by atoms with E-state index in [-0.39, 0.29) is 0 Å². The number of halogens is 2. The molecular formula is C6H5F2N3O3. The Morgan fingerprint density at radius 3 is 2.57 bits per heavy atom. The molecule has 0 bridgehead atoms. The lowest BCUT2D eigenvalue weighted by atomic mass is 10.2. The van der Waals surface area contributed by atoms with Crippen LogP contribution in [0.4, 0.5) is 20.2 Å². The fraction of sp³-hybridized carbons (Fsp3) is 0.167. The number of pyridine rings is 1. The van der Waals surface area contributed by atoms with Crippen LogP contribution in [0.1, 0.15) is 12.0 Å². The van der Waals surface area contributed by atoms with Gasteiger partial charge >= 0.3 is 5.69 Å². The first-order chi connectivity index (χ1) is 6.45. The van der Waals surface area contributed by atoms with Crippen molar-refractivity contribution < 1.29 is 13.7 Å². The van der Waals surface area contributed by atoms with Crippen molar-refractivity contribution in [3.8, 4) is 0 Å². The van der Waals surface area contributed by atoms with Crippen LogP contribution >= 0.6 is 0 Å². The van der Waals surface area contributed by atoms with Crippen molar-refractivity contribution in [1.29, 1.82) is 0 Å². The molecule has 0 aliphatic carbocycles. The van der Waals surface area contributed by atoms with Gasteiger partial charge in [-0.15, -0.1) is 0 Å². The van der Waals surface area contributed by atoms with Crippen molar-refractivity contribution in [3.63, 3.8) is 0 Å². The van der Waals surface area contributed by atoms with Crippen molar-refractivity contribution in [2.24, 2.45) is 0 Å². The number of anilines is 1. The lowest BCUT2D eigenvalue weighted by Crippen LogP contribution is -2.15. The van der Waals surface area contributed by atoms with Gasteiger partial charge in [-0.05, 0) is 0 Å². The molecule has 0 radical (unpaired) electrons. The van der Waals surface area contributed by atoms with Gasteiger partial charge in [-0.2, -0.15) is 0 Å². The number of hydrogen-bond acceptors (Lipinski definition) is 4. The molecule has 1 rings (SSSR count). The molecule has 0 amide bonds. The average molecular weight is 205 g/mol. The van der Waals surface area contributed by atoms with Crippen LogP contribution in [0.5, 0.6) is 0 Å². The molecule has 0 saturated carbocycles. The molecule has 0 aliphatic rings. The van der Waals surface area contributed by atoms with Crippen LogP contribution in [-0.2, 0) is 0 Å². The Labute approximate surface area is 75.5 Å². The second kappa shape index (κ2) is 3.40. The van der Waals surface area contributed by atoms with Crippen LogP contribution in [0.25, 0.3) is 0 Å². The monoisotopic (exact) mass is 205 g/mol. The summed E-state index contributed by atoms with van der Waals surface area (Å²) in [5, 5.41) is 10.3. The number of hydrogen-bond donors (Lipinski definition) is 2. The molecule has 0 fully saturated rings. The van der Waals surface area contributed by atoms with E-state index in [4.69, 9.17) is 5.73 Å². The molecule has 0 unspecified atom stereocenters. The Morgan fingerprint density at radius 2 is 2.14 bits per heavy atom. The summed E-state index contributed by atoms with van der Waals surface area (Å²) in [6.45, 7) is 0. The number of aromatic nitrogens is 1. The highest BCUT2D eigenvalue weighted by molar-refractivity contribution is 5.60. The molecule has 1 aromatic rings. The maximum absolute atomic E-state index is 12.2. The average Bonchev–Trinajstić information content (AvgIpc) is 2.08. The Kier molecular flexibility index (Phi) is 2.45. The van der Waals surface area contributed by atoms with Gasteiger partial charge in [0.1, 0.15) is 5.56 Å². The van der Waals surface area contributed by atoms with Gasteiger partial charge in [0, 0.05) is 6.20 Å². The maximum Gasteiger partial charge on any atom is 0.308 e. The molecular weight excluding hydrogens is 200 g/mol. The second-order valence-corrected chi connectivity index (χ2v) is 2.39. The molecule has 1 heterocycles.